The van der Waals surface area contributed by atoms with E-state index in [-0.39, 0.29) is 23.3 Å². The quantitative estimate of drug-likeness (QED) is 0.348. The van der Waals surface area contributed by atoms with Crippen molar-refractivity contribution in [2.45, 2.75) is 45.2 Å². The average molecular weight is 414 g/mol. The van der Waals surface area contributed by atoms with Crippen LogP contribution in [0.1, 0.15) is 39.0 Å². The summed E-state index contributed by atoms with van der Waals surface area (Å²) in [5.74, 6) is -1.85. The zero-order valence-corrected chi connectivity index (χ0v) is 16.4. The number of methoxy groups -OCH3 is 1. The number of carbonyl (C=O) groups excluding carboxylic acids is 2. The number of anilines is 1. The zero-order chi connectivity index (χ0) is 21.4. The number of carbonyl (C=O) groups is 2. The van der Waals surface area contributed by atoms with E-state index in [1.54, 1.807) is 24.3 Å². The minimum Gasteiger partial charge on any atom is -0.495 e. The van der Waals surface area contributed by atoms with Gasteiger partial charge in [0.15, 0.2) is 0 Å². The molecule has 2 rings (SSSR count). The van der Waals surface area contributed by atoms with Crippen LogP contribution in [0, 0.1) is 5.92 Å². The fraction of sp³-hybridized carbons (Fsp3) is 0.500. The highest BCUT2D eigenvalue weighted by atomic mass is 19.4. The Kier molecular flexibility index (Phi) is 7.92. The number of hydrogen-bond acceptors (Lipinski definition) is 5. The van der Waals surface area contributed by atoms with Gasteiger partial charge in [-0.15, -0.1) is 0 Å². The van der Waals surface area contributed by atoms with Gasteiger partial charge in [-0.25, -0.2) is 5.01 Å². The molecule has 0 fully saturated rings. The Morgan fingerprint density at radius 1 is 1.21 bits per heavy atom. The van der Waals surface area contributed by atoms with Crippen molar-refractivity contribution in [1.82, 2.24) is 5.01 Å². The van der Waals surface area contributed by atoms with Gasteiger partial charge in [0.25, 0.3) is 0 Å². The predicted octanol–water partition coefficient (Wildman–Crippen LogP) is 4.44. The number of allylic oxidation sites excluding steroid dienone is 2. The number of alkyl halides is 3. The summed E-state index contributed by atoms with van der Waals surface area (Å²) in [5, 5.41) is 0.551. The zero-order valence-electron chi connectivity index (χ0n) is 16.4. The minimum absolute atomic E-state index is 0.113. The van der Waals surface area contributed by atoms with Crippen molar-refractivity contribution >= 4 is 17.6 Å². The van der Waals surface area contributed by atoms with Crippen molar-refractivity contribution < 1.29 is 32.2 Å². The van der Waals surface area contributed by atoms with E-state index in [4.69, 9.17) is 9.47 Å². The second kappa shape index (κ2) is 10.2. The Labute approximate surface area is 167 Å². The number of nitrogens with one attached hydrogen (secondary N) is 1. The van der Waals surface area contributed by atoms with E-state index >= 15 is 0 Å². The molecule has 1 amide bonds. The van der Waals surface area contributed by atoms with Crippen molar-refractivity contribution in [2.75, 3.05) is 19.1 Å². The molecular weight excluding hydrogens is 389 g/mol. The number of unbranched alkanes of at least 4 members (excludes halogenated alkanes) is 2. The summed E-state index contributed by atoms with van der Waals surface area (Å²) in [7, 11) is 1.40. The van der Waals surface area contributed by atoms with E-state index in [2.05, 4.69) is 5.43 Å². The number of amides is 1. The molecule has 0 radical (unpaired) electrons. The largest absolute Gasteiger partial charge is 0.495 e. The van der Waals surface area contributed by atoms with E-state index in [9.17, 15) is 22.8 Å². The maximum atomic E-state index is 13.1. The third-order valence-electron chi connectivity index (χ3n) is 4.50. The van der Waals surface area contributed by atoms with E-state index in [1.807, 2.05) is 0 Å². The van der Waals surface area contributed by atoms with Crippen LogP contribution in [0.2, 0.25) is 0 Å². The van der Waals surface area contributed by atoms with Gasteiger partial charge in [0.2, 0.25) is 0 Å². The molecule has 29 heavy (non-hydrogen) atoms. The second-order valence-corrected chi connectivity index (χ2v) is 6.76. The molecule has 1 aliphatic rings. The van der Waals surface area contributed by atoms with Gasteiger partial charge in [0, 0.05) is 12.6 Å². The summed E-state index contributed by atoms with van der Waals surface area (Å²) in [5.41, 5.74) is 3.09. The molecule has 0 spiro atoms. The van der Waals surface area contributed by atoms with Crippen molar-refractivity contribution in [3.05, 3.63) is 36.0 Å². The minimum atomic E-state index is -5.00. The van der Waals surface area contributed by atoms with Gasteiger partial charge in [0.1, 0.15) is 5.75 Å². The van der Waals surface area contributed by atoms with Gasteiger partial charge in [-0.1, -0.05) is 31.1 Å². The number of ether oxygens (including phenoxy) is 2. The Morgan fingerprint density at radius 2 is 1.90 bits per heavy atom. The molecular formula is C20H25F3N2O4. The third kappa shape index (κ3) is 6.69. The Bertz CT molecular complexity index is 749. The van der Waals surface area contributed by atoms with Crippen molar-refractivity contribution in [1.29, 1.82) is 0 Å². The lowest BCUT2D eigenvalue weighted by molar-refractivity contribution is -0.182. The van der Waals surface area contributed by atoms with Crippen LogP contribution < -0.4 is 10.2 Å². The van der Waals surface area contributed by atoms with E-state index in [1.165, 1.54) is 20.1 Å². The van der Waals surface area contributed by atoms with Crippen LogP contribution in [0.15, 0.2) is 36.0 Å². The van der Waals surface area contributed by atoms with E-state index in [0.717, 1.165) is 25.7 Å². The first-order chi connectivity index (χ1) is 13.7. The molecule has 6 nitrogen and oxygen atoms in total. The van der Waals surface area contributed by atoms with Gasteiger partial charge in [0.05, 0.1) is 19.4 Å². The summed E-state index contributed by atoms with van der Waals surface area (Å²) in [6, 6.07) is 6.44. The van der Waals surface area contributed by atoms with Crippen LogP contribution in [0.3, 0.4) is 0 Å². The highest BCUT2D eigenvalue weighted by Gasteiger charge is 2.45. The number of benzene rings is 1. The van der Waals surface area contributed by atoms with Crippen LogP contribution in [0.5, 0.6) is 5.75 Å². The van der Waals surface area contributed by atoms with Gasteiger partial charge in [-0.05, 0) is 37.3 Å². The summed E-state index contributed by atoms with van der Waals surface area (Å²) < 4.78 is 49.1. The molecule has 0 saturated carbocycles. The van der Waals surface area contributed by atoms with Crippen molar-refractivity contribution in [3.63, 3.8) is 0 Å². The lowest BCUT2D eigenvalue weighted by atomic mass is 9.86. The maximum absolute atomic E-state index is 13.1. The summed E-state index contributed by atoms with van der Waals surface area (Å²) in [6.45, 7) is 1.73. The molecule has 1 unspecified atom stereocenters. The molecule has 1 aliphatic carbocycles. The number of rotatable bonds is 10. The third-order valence-corrected chi connectivity index (χ3v) is 4.50. The number of para-hydroxylation sites is 2. The molecule has 1 aromatic rings. The highest BCUT2D eigenvalue weighted by molar-refractivity contribution is 5.85. The van der Waals surface area contributed by atoms with Crippen LogP contribution in [-0.2, 0) is 14.3 Å². The SMILES string of the molecule is COc1ccccc1NN(C(=O)C(F)(F)F)C1=CC(CCCCCOC(C)=O)C1. The van der Waals surface area contributed by atoms with Gasteiger partial charge < -0.3 is 9.47 Å². The lowest BCUT2D eigenvalue weighted by Crippen LogP contribution is -2.46. The monoisotopic (exact) mass is 414 g/mol. The molecule has 0 saturated heterocycles. The molecule has 9 heteroatoms. The van der Waals surface area contributed by atoms with Crippen molar-refractivity contribution in [2.24, 2.45) is 5.92 Å². The second-order valence-electron chi connectivity index (χ2n) is 6.76. The normalized spacial score (nSPS) is 15.8. The molecule has 1 atom stereocenters. The molecule has 1 aromatic carbocycles. The predicted molar refractivity (Wildman–Crippen MR) is 101 cm³/mol. The Balaban J connectivity index is 1.96. The van der Waals surface area contributed by atoms with Gasteiger partial charge in [-0.2, -0.15) is 13.2 Å². The summed E-state index contributed by atoms with van der Waals surface area (Å²) in [6.07, 6.45) is 0.313. The molecule has 0 heterocycles. The van der Waals surface area contributed by atoms with Crippen LogP contribution in [0.25, 0.3) is 0 Å². The maximum Gasteiger partial charge on any atom is 0.473 e. The first-order valence-electron chi connectivity index (χ1n) is 9.37. The first kappa shape index (κ1) is 22.6. The number of nitrogens with zero attached hydrogens (tertiary/aromatic N) is 1. The first-order valence-corrected chi connectivity index (χ1v) is 9.37. The molecule has 0 aromatic heterocycles. The van der Waals surface area contributed by atoms with Crippen molar-refractivity contribution in [3.8, 4) is 5.75 Å². The van der Waals surface area contributed by atoms with Gasteiger partial charge in [-0.3, -0.25) is 15.0 Å². The topological polar surface area (TPSA) is 67.9 Å². The summed E-state index contributed by atoms with van der Waals surface area (Å²) >= 11 is 0. The number of halogens is 3. The van der Waals surface area contributed by atoms with E-state index < -0.39 is 12.1 Å². The fourth-order valence-corrected chi connectivity index (χ4v) is 3.00. The van der Waals surface area contributed by atoms with E-state index in [0.29, 0.717) is 23.8 Å². The molecule has 1 N–H and O–H groups in total. The Morgan fingerprint density at radius 3 is 2.52 bits per heavy atom. The van der Waals surface area contributed by atoms with Crippen LogP contribution in [-0.4, -0.2) is 36.8 Å². The smallest absolute Gasteiger partial charge is 0.473 e. The molecule has 0 aliphatic heterocycles. The highest BCUT2D eigenvalue weighted by Crippen LogP contribution is 2.36. The summed E-state index contributed by atoms with van der Waals surface area (Å²) in [4.78, 5) is 22.6. The van der Waals surface area contributed by atoms with Gasteiger partial charge >= 0.3 is 18.1 Å². The standard InChI is InChI=1S/C20H25F3N2O4/c1-14(26)29-11-7-3-4-8-15-12-16(13-15)25(19(27)20(21,22)23)24-17-9-5-6-10-18(17)28-2/h5-6,9-10,12,15,24H,3-4,7-8,11,13H2,1-2H3. The van der Waals surface area contributed by atoms with Crippen LogP contribution >= 0.6 is 0 Å². The fourth-order valence-electron chi connectivity index (χ4n) is 3.00. The number of hydrogen-bond donors (Lipinski definition) is 1. The molecule has 0 bridgehead atoms. The number of esters is 1. The average Bonchev–Trinajstić information content (AvgIpc) is 2.63. The lowest BCUT2D eigenvalue weighted by Gasteiger charge is -2.35. The Hall–Kier alpha value is -2.71. The van der Waals surface area contributed by atoms with Crippen LogP contribution in [0.4, 0.5) is 18.9 Å². The molecule has 160 valence electrons. The number of hydrazine groups is 1.